The number of hydrogen-bond acceptors (Lipinski definition) is 4. The number of carbonyl (C=O) groups is 1. The van der Waals surface area contributed by atoms with Crippen LogP contribution in [0, 0.1) is 0 Å². The summed E-state index contributed by atoms with van der Waals surface area (Å²) in [6, 6.07) is 8.07. The van der Waals surface area contributed by atoms with Gasteiger partial charge in [-0.1, -0.05) is 19.1 Å². The van der Waals surface area contributed by atoms with Crippen LogP contribution in [-0.4, -0.2) is 36.6 Å². The molecule has 128 valence electrons. The van der Waals surface area contributed by atoms with Crippen LogP contribution >= 0.6 is 0 Å². The van der Waals surface area contributed by atoms with Gasteiger partial charge in [-0.15, -0.1) is 0 Å². The number of benzene rings is 1. The summed E-state index contributed by atoms with van der Waals surface area (Å²) in [5.74, 6) is 0. The number of pyridine rings is 1. The minimum absolute atomic E-state index is 0.0385. The number of hydrogen-bond donors (Lipinski definition) is 1. The third kappa shape index (κ3) is 3.75. The lowest BCUT2D eigenvalue weighted by atomic mass is 10.1. The lowest BCUT2D eigenvalue weighted by molar-refractivity contribution is 0.00706. The van der Waals surface area contributed by atoms with Crippen molar-refractivity contribution in [1.29, 1.82) is 0 Å². The number of fused-ring (bicyclic) bond motifs is 1. The van der Waals surface area contributed by atoms with Gasteiger partial charge in [0.15, 0.2) is 0 Å². The fourth-order valence-electron chi connectivity index (χ4n) is 3.08. The van der Waals surface area contributed by atoms with Crippen LogP contribution in [0.25, 0.3) is 10.8 Å². The molecule has 0 saturated carbocycles. The van der Waals surface area contributed by atoms with Gasteiger partial charge in [0.05, 0.1) is 6.04 Å². The van der Waals surface area contributed by atoms with E-state index in [0.717, 1.165) is 29.4 Å². The number of alkyl carbamates (subject to hydrolysis) is 1. The number of amides is 1. The van der Waals surface area contributed by atoms with Gasteiger partial charge in [0.25, 0.3) is 0 Å². The van der Waals surface area contributed by atoms with Crippen LogP contribution in [0.15, 0.2) is 36.7 Å². The molecule has 1 aliphatic rings. The van der Waals surface area contributed by atoms with E-state index in [0.29, 0.717) is 13.0 Å². The molecule has 24 heavy (non-hydrogen) atoms. The Morgan fingerprint density at radius 3 is 3.21 bits per heavy atom. The monoisotopic (exact) mass is 331 g/mol. The number of anilines is 1. The summed E-state index contributed by atoms with van der Waals surface area (Å²) in [7, 11) is 0. The van der Waals surface area contributed by atoms with E-state index in [1.807, 2.05) is 31.3 Å². The molecule has 0 radical (unpaired) electrons. The normalized spacial score (nSPS) is 18.6. The number of carbonyl (C=O) groups excluding carboxylic acids is 1. The summed E-state index contributed by atoms with van der Waals surface area (Å²) in [5, 5.41) is 4.99. The van der Waals surface area contributed by atoms with Crippen LogP contribution in [0.4, 0.5) is 14.9 Å². The van der Waals surface area contributed by atoms with Crippen LogP contribution in [-0.2, 0) is 4.74 Å². The van der Waals surface area contributed by atoms with Crippen LogP contribution < -0.4 is 10.2 Å². The van der Waals surface area contributed by atoms with Crippen molar-refractivity contribution < 1.29 is 13.9 Å². The van der Waals surface area contributed by atoms with Gasteiger partial charge in [-0.05, 0) is 25.0 Å². The molecule has 0 aliphatic carbocycles. The third-order valence-corrected chi connectivity index (χ3v) is 4.26. The number of alkyl halides is 1. The maximum Gasteiger partial charge on any atom is 0.409 e. The number of nitrogens with one attached hydrogen (secondary N) is 1. The Balaban J connectivity index is 1.62. The Morgan fingerprint density at radius 1 is 1.50 bits per heavy atom. The minimum Gasteiger partial charge on any atom is -0.415 e. The SMILES string of the molecule is CCCC(F)OC(=O)NC1CCN(c2cccc3cnccc23)C1. The van der Waals surface area contributed by atoms with Crippen LogP contribution in [0.2, 0.25) is 0 Å². The van der Waals surface area contributed by atoms with Gasteiger partial charge >= 0.3 is 6.09 Å². The molecule has 1 N–H and O–H groups in total. The lowest BCUT2D eigenvalue weighted by Gasteiger charge is -2.21. The number of halogens is 1. The average molecular weight is 331 g/mol. The summed E-state index contributed by atoms with van der Waals surface area (Å²) in [4.78, 5) is 18.1. The highest BCUT2D eigenvalue weighted by Crippen LogP contribution is 2.28. The Morgan fingerprint density at radius 2 is 2.38 bits per heavy atom. The van der Waals surface area contributed by atoms with Crippen molar-refractivity contribution in [3.8, 4) is 0 Å². The van der Waals surface area contributed by atoms with E-state index >= 15 is 0 Å². The molecule has 0 bridgehead atoms. The quantitative estimate of drug-likeness (QED) is 0.909. The standard InChI is InChI=1S/C18H22FN3O2/c1-2-4-17(19)24-18(23)21-14-8-10-22(12-14)16-6-3-5-13-11-20-9-7-15(13)16/h3,5-7,9,11,14,17H,2,4,8,10,12H2,1H3,(H,21,23). The highest BCUT2D eigenvalue weighted by molar-refractivity contribution is 5.93. The van der Waals surface area contributed by atoms with Gasteiger partial charge in [-0.2, -0.15) is 0 Å². The van der Waals surface area contributed by atoms with Gasteiger partial charge in [0, 0.05) is 48.4 Å². The molecule has 2 atom stereocenters. The zero-order valence-electron chi connectivity index (χ0n) is 13.7. The Kier molecular flexibility index (Phi) is 5.13. The number of aromatic nitrogens is 1. The average Bonchev–Trinajstić information content (AvgIpc) is 3.02. The molecule has 1 aromatic carbocycles. The van der Waals surface area contributed by atoms with E-state index in [4.69, 9.17) is 4.74 Å². The smallest absolute Gasteiger partial charge is 0.409 e. The van der Waals surface area contributed by atoms with Crippen molar-refractivity contribution in [2.45, 2.75) is 38.6 Å². The summed E-state index contributed by atoms with van der Waals surface area (Å²) in [5.41, 5.74) is 1.13. The highest BCUT2D eigenvalue weighted by Gasteiger charge is 2.26. The fraction of sp³-hybridized carbons (Fsp3) is 0.444. The van der Waals surface area contributed by atoms with Gasteiger partial charge in [-0.3, -0.25) is 4.98 Å². The first-order chi connectivity index (χ1) is 11.7. The van der Waals surface area contributed by atoms with Gasteiger partial charge in [0.2, 0.25) is 6.36 Å². The zero-order chi connectivity index (χ0) is 16.9. The highest BCUT2D eigenvalue weighted by atomic mass is 19.1. The molecular weight excluding hydrogens is 309 g/mol. The predicted molar refractivity (Wildman–Crippen MR) is 91.8 cm³/mol. The summed E-state index contributed by atoms with van der Waals surface area (Å²) in [6.07, 6.45) is 3.10. The number of nitrogens with zero attached hydrogens (tertiary/aromatic N) is 2. The molecule has 1 saturated heterocycles. The van der Waals surface area contributed by atoms with Gasteiger partial charge < -0.3 is 15.0 Å². The largest absolute Gasteiger partial charge is 0.415 e. The minimum atomic E-state index is -1.53. The first-order valence-corrected chi connectivity index (χ1v) is 8.36. The number of ether oxygens (including phenoxy) is 1. The van der Waals surface area contributed by atoms with E-state index in [1.165, 1.54) is 0 Å². The molecule has 2 aromatic rings. The first-order valence-electron chi connectivity index (χ1n) is 8.36. The predicted octanol–water partition coefficient (Wildman–Crippen LogP) is 3.64. The van der Waals surface area contributed by atoms with Crippen molar-refractivity contribution in [1.82, 2.24) is 10.3 Å². The summed E-state index contributed by atoms with van der Waals surface area (Å²) >= 11 is 0. The van der Waals surface area contributed by atoms with Gasteiger partial charge in [-0.25, -0.2) is 9.18 Å². The molecule has 1 amide bonds. The molecule has 3 rings (SSSR count). The van der Waals surface area contributed by atoms with E-state index in [9.17, 15) is 9.18 Å². The lowest BCUT2D eigenvalue weighted by Crippen LogP contribution is -2.38. The van der Waals surface area contributed by atoms with E-state index < -0.39 is 12.5 Å². The molecule has 1 aliphatic heterocycles. The van der Waals surface area contributed by atoms with Crippen molar-refractivity contribution in [2.75, 3.05) is 18.0 Å². The third-order valence-electron chi connectivity index (χ3n) is 4.26. The van der Waals surface area contributed by atoms with Crippen LogP contribution in [0.3, 0.4) is 0 Å². The first kappa shape index (κ1) is 16.5. The molecule has 5 nitrogen and oxygen atoms in total. The maximum atomic E-state index is 13.3. The second kappa shape index (κ2) is 7.47. The van der Waals surface area contributed by atoms with Crippen molar-refractivity contribution in [3.05, 3.63) is 36.7 Å². The molecular formula is C18H22FN3O2. The van der Waals surface area contributed by atoms with Crippen molar-refractivity contribution in [3.63, 3.8) is 0 Å². The van der Waals surface area contributed by atoms with Crippen molar-refractivity contribution in [2.24, 2.45) is 0 Å². The molecule has 2 unspecified atom stereocenters. The Bertz CT molecular complexity index is 704. The van der Waals surface area contributed by atoms with E-state index in [2.05, 4.69) is 21.3 Å². The maximum absolute atomic E-state index is 13.3. The molecule has 2 heterocycles. The van der Waals surface area contributed by atoms with Crippen LogP contribution in [0.1, 0.15) is 26.2 Å². The van der Waals surface area contributed by atoms with Crippen molar-refractivity contribution >= 4 is 22.6 Å². The summed E-state index contributed by atoms with van der Waals surface area (Å²) in [6.45, 7) is 3.37. The van der Waals surface area contributed by atoms with E-state index in [1.54, 1.807) is 6.20 Å². The van der Waals surface area contributed by atoms with Gasteiger partial charge in [0.1, 0.15) is 0 Å². The molecule has 6 heteroatoms. The van der Waals surface area contributed by atoms with E-state index in [-0.39, 0.29) is 12.5 Å². The van der Waals surface area contributed by atoms with Crippen LogP contribution in [0.5, 0.6) is 0 Å². The zero-order valence-corrected chi connectivity index (χ0v) is 13.7. The fourth-order valence-corrected chi connectivity index (χ4v) is 3.08. The molecule has 1 fully saturated rings. The topological polar surface area (TPSA) is 54.5 Å². The Hall–Kier alpha value is -2.37. The molecule has 1 aromatic heterocycles. The second-order valence-corrected chi connectivity index (χ2v) is 6.05. The Labute approximate surface area is 140 Å². The number of rotatable bonds is 5. The second-order valence-electron chi connectivity index (χ2n) is 6.05. The summed E-state index contributed by atoms with van der Waals surface area (Å²) < 4.78 is 18.1. The molecule has 0 spiro atoms.